The van der Waals surface area contributed by atoms with Crippen LogP contribution in [0.2, 0.25) is 0 Å². The highest BCUT2D eigenvalue weighted by molar-refractivity contribution is 6.39. The molecule has 0 bridgehead atoms. The largest absolute Gasteiger partial charge is 0.467 e. The number of rotatable bonds is 5. The molecular weight excluding hydrogens is 284 g/mol. The zero-order valence-electron chi connectivity index (χ0n) is 12.5. The first-order valence-corrected chi connectivity index (χ1v) is 6.83. The van der Waals surface area contributed by atoms with E-state index in [0.717, 1.165) is 5.56 Å². The number of hydrogen-bond acceptors (Lipinski definition) is 4. The van der Waals surface area contributed by atoms with Crippen LogP contribution in [0.5, 0.6) is 0 Å². The number of benzene rings is 1. The van der Waals surface area contributed by atoms with Crippen molar-refractivity contribution in [3.63, 3.8) is 0 Å². The average molecular weight is 302 g/mol. The quantitative estimate of drug-likeness (QED) is 0.828. The van der Waals surface area contributed by atoms with Gasteiger partial charge in [0.2, 0.25) is 0 Å². The van der Waals surface area contributed by atoms with Crippen LogP contribution in [-0.2, 0) is 14.3 Å². The van der Waals surface area contributed by atoms with Crippen molar-refractivity contribution in [2.24, 2.45) is 0 Å². The summed E-state index contributed by atoms with van der Waals surface area (Å²) in [7, 11) is 1.51. The smallest absolute Gasteiger partial charge is 0.313 e. The summed E-state index contributed by atoms with van der Waals surface area (Å²) in [6.45, 7) is 2.00. The topological polar surface area (TPSA) is 80.6 Å². The Labute approximate surface area is 128 Å². The van der Waals surface area contributed by atoms with Gasteiger partial charge < -0.3 is 19.8 Å². The van der Waals surface area contributed by atoms with Crippen LogP contribution in [0, 0.1) is 6.92 Å². The van der Waals surface area contributed by atoms with E-state index in [0.29, 0.717) is 11.4 Å². The van der Waals surface area contributed by atoms with Gasteiger partial charge in [-0.1, -0.05) is 18.2 Å². The van der Waals surface area contributed by atoms with Gasteiger partial charge in [-0.05, 0) is 30.7 Å². The molecule has 0 aliphatic heterocycles. The zero-order chi connectivity index (χ0) is 15.9. The van der Waals surface area contributed by atoms with Gasteiger partial charge in [-0.15, -0.1) is 0 Å². The lowest BCUT2D eigenvalue weighted by Crippen LogP contribution is -2.38. The van der Waals surface area contributed by atoms with Crippen LogP contribution in [0.4, 0.5) is 5.69 Å². The number of hydrogen-bond donors (Lipinski definition) is 2. The number of nitrogens with one attached hydrogen (secondary N) is 2. The molecule has 2 rings (SSSR count). The molecule has 22 heavy (non-hydrogen) atoms. The number of ether oxygens (including phenoxy) is 1. The Morgan fingerprint density at radius 1 is 1.18 bits per heavy atom. The standard InChI is InChI=1S/C16H18N2O4/c1-11-6-3-4-7-12(11)18-16(20)15(19)17-10-14(21-2)13-8-5-9-22-13/h3-9,14H,10H2,1-2H3,(H,17,19)(H,18,20). The van der Waals surface area contributed by atoms with Gasteiger partial charge >= 0.3 is 11.8 Å². The molecule has 0 fully saturated rings. The molecule has 1 aromatic heterocycles. The van der Waals surface area contributed by atoms with E-state index >= 15 is 0 Å². The summed E-state index contributed by atoms with van der Waals surface area (Å²) >= 11 is 0. The average Bonchev–Trinajstić information content (AvgIpc) is 3.04. The summed E-state index contributed by atoms with van der Waals surface area (Å²) in [4.78, 5) is 23.7. The molecule has 0 saturated heterocycles. The van der Waals surface area contributed by atoms with E-state index in [9.17, 15) is 9.59 Å². The third-order valence-corrected chi connectivity index (χ3v) is 3.19. The van der Waals surface area contributed by atoms with Crippen molar-refractivity contribution in [2.45, 2.75) is 13.0 Å². The molecule has 2 N–H and O–H groups in total. The zero-order valence-corrected chi connectivity index (χ0v) is 12.5. The van der Waals surface area contributed by atoms with Crippen LogP contribution < -0.4 is 10.6 Å². The Morgan fingerprint density at radius 3 is 2.59 bits per heavy atom. The molecule has 1 atom stereocenters. The van der Waals surface area contributed by atoms with Crippen molar-refractivity contribution >= 4 is 17.5 Å². The number of carbonyl (C=O) groups is 2. The van der Waals surface area contributed by atoms with Gasteiger partial charge in [0.25, 0.3) is 0 Å². The molecule has 116 valence electrons. The lowest BCUT2D eigenvalue weighted by Gasteiger charge is -2.14. The molecule has 0 spiro atoms. The molecule has 0 saturated carbocycles. The second-order valence-electron chi connectivity index (χ2n) is 4.72. The van der Waals surface area contributed by atoms with Crippen LogP contribution in [0.3, 0.4) is 0 Å². The summed E-state index contributed by atoms with van der Waals surface area (Å²) in [5.74, 6) is -0.859. The Morgan fingerprint density at radius 2 is 1.95 bits per heavy atom. The number of methoxy groups -OCH3 is 1. The van der Waals surface area contributed by atoms with Gasteiger partial charge in [-0.3, -0.25) is 9.59 Å². The maximum absolute atomic E-state index is 11.9. The van der Waals surface area contributed by atoms with E-state index in [2.05, 4.69) is 10.6 Å². The summed E-state index contributed by atoms with van der Waals surface area (Å²) in [5, 5.41) is 5.10. The second kappa shape index (κ2) is 7.42. The highest BCUT2D eigenvalue weighted by Gasteiger charge is 2.18. The van der Waals surface area contributed by atoms with Gasteiger partial charge in [0.1, 0.15) is 11.9 Å². The highest BCUT2D eigenvalue weighted by Crippen LogP contribution is 2.16. The summed E-state index contributed by atoms with van der Waals surface area (Å²) < 4.78 is 10.4. The molecule has 1 unspecified atom stereocenters. The molecule has 6 heteroatoms. The van der Waals surface area contributed by atoms with Crippen LogP contribution in [0.25, 0.3) is 0 Å². The van der Waals surface area contributed by atoms with Crippen LogP contribution >= 0.6 is 0 Å². The number of anilines is 1. The van der Waals surface area contributed by atoms with Gasteiger partial charge in [0.05, 0.1) is 12.8 Å². The molecule has 6 nitrogen and oxygen atoms in total. The molecule has 0 aliphatic carbocycles. The Bertz CT molecular complexity index is 637. The summed E-state index contributed by atoms with van der Waals surface area (Å²) in [5.41, 5.74) is 1.49. The predicted molar refractivity (Wildman–Crippen MR) is 81.3 cm³/mol. The number of aryl methyl sites for hydroxylation is 1. The van der Waals surface area contributed by atoms with E-state index < -0.39 is 17.9 Å². The van der Waals surface area contributed by atoms with Gasteiger partial charge in [-0.25, -0.2) is 0 Å². The fourth-order valence-electron chi connectivity index (χ4n) is 1.93. The molecule has 1 aromatic carbocycles. The molecule has 2 aromatic rings. The van der Waals surface area contributed by atoms with Gasteiger partial charge in [0, 0.05) is 12.8 Å². The lowest BCUT2D eigenvalue weighted by atomic mass is 10.2. The number of amides is 2. The summed E-state index contributed by atoms with van der Waals surface area (Å²) in [6.07, 6.45) is 1.08. The van der Waals surface area contributed by atoms with E-state index in [-0.39, 0.29) is 6.54 Å². The first kappa shape index (κ1) is 15.8. The minimum Gasteiger partial charge on any atom is -0.467 e. The number of carbonyl (C=O) groups excluding carboxylic acids is 2. The SMILES string of the molecule is COC(CNC(=O)C(=O)Nc1ccccc1C)c1ccco1. The van der Waals surface area contributed by atoms with Crippen molar-refractivity contribution in [1.29, 1.82) is 0 Å². The minimum absolute atomic E-state index is 0.143. The lowest BCUT2D eigenvalue weighted by molar-refractivity contribution is -0.136. The van der Waals surface area contributed by atoms with E-state index in [1.807, 2.05) is 19.1 Å². The van der Waals surface area contributed by atoms with Crippen molar-refractivity contribution in [3.05, 3.63) is 54.0 Å². The van der Waals surface area contributed by atoms with Crippen LogP contribution in [0.1, 0.15) is 17.4 Å². The van der Waals surface area contributed by atoms with E-state index in [4.69, 9.17) is 9.15 Å². The number of furan rings is 1. The monoisotopic (exact) mass is 302 g/mol. The molecule has 0 radical (unpaired) electrons. The Balaban J connectivity index is 1.89. The maximum atomic E-state index is 11.9. The van der Waals surface area contributed by atoms with Gasteiger partial charge in [-0.2, -0.15) is 0 Å². The van der Waals surface area contributed by atoms with Crippen molar-refractivity contribution in [1.82, 2.24) is 5.32 Å². The van der Waals surface area contributed by atoms with Gasteiger partial charge in [0.15, 0.2) is 0 Å². The Kier molecular flexibility index (Phi) is 5.32. The fraction of sp³-hybridized carbons (Fsp3) is 0.250. The first-order chi connectivity index (χ1) is 10.6. The van der Waals surface area contributed by atoms with E-state index in [1.54, 1.807) is 24.3 Å². The molecular formula is C16H18N2O4. The second-order valence-corrected chi connectivity index (χ2v) is 4.72. The molecule has 1 heterocycles. The number of para-hydroxylation sites is 1. The molecule has 0 aliphatic rings. The van der Waals surface area contributed by atoms with Crippen molar-refractivity contribution < 1.29 is 18.7 Å². The first-order valence-electron chi connectivity index (χ1n) is 6.83. The third-order valence-electron chi connectivity index (χ3n) is 3.19. The normalized spacial score (nSPS) is 11.7. The van der Waals surface area contributed by atoms with E-state index in [1.165, 1.54) is 13.4 Å². The maximum Gasteiger partial charge on any atom is 0.313 e. The summed E-state index contributed by atoms with van der Waals surface area (Å²) in [6, 6.07) is 10.7. The predicted octanol–water partition coefficient (Wildman–Crippen LogP) is 2.03. The third kappa shape index (κ3) is 3.95. The molecule has 2 amide bonds. The van der Waals surface area contributed by atoms with Crippen LogP contribution in [-0.4, -0.2) is 25.5 Å². The Hall–Kier alpha value is -2.60. The van der Waals surface area contributed by atoms with Crippen LogP contribution in [0.15, 0.2) is 47.1 Å². The fourth-order valence-corrected chi connectivity index (χ4v) is 1.93. The van der Waals surface area contributed by atoms with Crippen molar-refractivity contribution in [3.8, 4) is 0 Å². The highest BCUT2D eigenvalue weighted by atomic mass is 16.5. The minimum atomic E-state index is -0.725. The van der Waals surface area contributed by atoms with Crippen molar-refractivity contribution in [2.75, 3.05) is 19.0 Å².